The monoisotopic (exact) mass is 214 g/mol. The Morgan fingerprint density at radius 2 is 1.93 bits per heavy atom. The van der Waals surface area contributed by atoms with Gasteiger partial charge in [0.25, 0.3) is 0 Å². The third-order valence-corrected chi connectivity index (χ3v) is 1.83. The van der Waals surface area contributed by atoms with Gasteiger partial charge in [0, 0.05) is 13.3 Å². The lowest BCUT2D eigenvalue weighted by Gasteiger charge is -2.09. The Morgan fingerprint density at radius 1 is 1.33 bits per heavy atom. The van der Waals surface area contributed by atoms with Gasteiger partial charge in [0.15, 0.2) is 0 Å². The van der Waals surface area contributed by atoms with E-state index in [-0.39, 0.29) is 6.61 Å². The second-order valence-corrected chi connectivity index (χ2v) is 3.26. The molecule has 0 aliphatic rings. The molecule has 1 aromatic carbocycles. The maximum atomic E-state index is 12.4. The third-order valence-electron chi connectivity index (χ3n) is 1.83. The summed E-state index contributed by atoms with van der Waals surface area (Å²) in [5.41, 5.74) is 0.949. The third kappa shape index (κ3) is 4.06. The Morgan fingerprint density at radius 3 is 2.47 bits per heavy atom. The second-order valence-electron chi connectivity index (χ2n) is 3.26. The summed E-state index contributed by atoms with van der Waals surface area (Å²) in [6.07, 6.45) is 0.447. The summed E-state index contributed by atoms with van der Waals surface area (Å²) in [5.74, 6) is -4.88. The maximum absolute atomic E-state index is 12.4. The fourth-order valence-corrected chi connectivity index (χ4v) is 1.03. The fraction of sp³-hybridized carbons (Fsp3) is 0.364. The van der Waals surface area contributed by atoms with Crippen LogP contribution < -0.4 is 0 Å². The van der Waals surface area contributed by atoms with Crippen LogP contribution in [-0.4, -0.2) is 18.5 Å². The summed E-state index contributed by atoms with van der Waals surface area (Å²) in [5, 5.41) is 0. The number of ether oxygens (including phenoxy) is 1. The summed E-state index contributed by atoms with van der Waals surface area (Å²) in [6, 6.07) is 9.22. The van der Waals surface area contributed by atoms with Crippen molar-refractivity contribution < 1.29 is 18.3 Å². The predicted octanol–water partition coefficient (Wildman–Crippen LogP) is 2.43. The van der Waals surface area contributed by atoms with E-state index in [1.165, 1.54) is 0 Å². The highest BCUT2D eigenvalue weighted by molar-refractivity contribution is 5.76. The average molecular weight is 214 g/mol. The number of benzene rings is 1. The summed E-state index contributed by atoms with van der Waals surface area (Å²) in [7, 11) is 0. The molecule has 0 N–H and O–H groups in total. The van der Waals surface area contributed by atoms with Crippen molar-refractivity contribution in [3.63, 3.8) is 0 Å². The molecule has 4 heteroatoms. The molecular formula is C11H12F2O2. The average Bonchev–Trinajstić information content (AvgIpc) is 2.18. The SMILES string of the molecule is CC(F)(F)C(=O)OCCc1ccccc1. The van der Waals surface area contributed by atoms with Crippen LogP contribution in [0.4, 0.5) is 8.78 Å². The van der Waals surface area contributed by atoms with Gasteiger partial charge in [0.1, 0.15) is 0 Å². The van der Waals surface area contributed by atoms with Gasteiger partial charge in [-0.3, -0.25) is 0 Å². The molecular weight excluding hydrogens is 202 g/mol. The molecule has 0 radical (unpaired) electrons. The van der Waals surface area contributed by atoms with Crippen molar-refractivity contribution in [1.29, 1.82) is 0 Å². The number of halogens is 2. The topological polar surface area (TPSA) is 26.3 Å². The molecule has 0 aromatic heterocycles. The lowest BCUT2D eigenvalue weighted by molar-refractivity contribution is -0.169. The Kier molecular flexibility index (Phi) is 3.77. The van der Waals surface area contributed by atoms with E-state index in [0.29, 0.717) is 13.3 Å². The second kappa shape index (κ2) is 4.87. The van der Waals surface area contributed by atoms with Gasteiger partial charge in [-0.25, -0.2) is 4.79 Å². The largest absolute Gasteiger partial charge is 0.461 e. The van der Waals surface area contributed by atoms with E-state index >= 15 is 0 Å². The Bertz CT molecular complexity index is 317. The van der Waals surface area contributed by atoms with Crippen LogP contribution in [0.25, 0.3) is 0 Å². The Hall–Kier alpha value is -1.45. The lowest BCUT2D eigenvalue weighted by Crippen LogP contribution is -2.27. The zero-order valence-corrected chi connectivity index (χ0v) is 8.37. The number of hydrogen-bond acceptors (Lipinski definition) is 2. The first-order valence-electron chi connectivity index (χ1n) is 4.59. The molecule has 82 valence electrons. The molecule has 1 aromatic rings. The highest BCUT2D eigenvalue weighted by Crippen LogP contribution is 2.13. The van der Waals surface area contributed by atoms with Gasteiger partial charge in [-0.15, -0.1) is 0 Å². The summed E-state index contributed by atoms with van der Waals surface area (Å²) in [6.45, 7) is 0.504. The van der Waals surface area contributed by atoms with E-state index < -0.39 is 11.9 Å². The molecule has 2 nitrogen and oxygen atoms in total. The molecule has 0 saturated carbocycles. The number of esters is 1. The van der Waals surface area contributed by atoms with Crippen LogP contribution in [0, 0.1) is 0 Å². The van der Waals surface area contributed by atoms with Crippen molar-refractivity contribution in [3.8, 4) is 0 Å². The fourth-order valence-electron chi connectivity index (χ4n) is 1.03. The summed E-state index contributed by atoms with van der Waals surface area (Å²) < 4.78 is 29.2. The van der Waals surface area contributed by atoms with Crippen LogP contribution >= 0.6 is 0 Å². The number of hydrogen-bond donors (Lipinski definition) is 0. The zero-order valence-electron chi connectivity index (χ0n) is 8.37. The highest BCUT2D eigenvalue weighted by atomic mass is 19.3. The standard InChI is InChI=1S/C11H12F2O2/c1-11(12,13)10(14)15-8-7-9-5-3-2-4-6-9/h2-6H,7-8H2,1H3. The first kappa shape index (κ1) is 11.6. The van der Waals surface area contributed by atoms with Crippen molar-refractivity contribution in [2.45, 2.75) is 19.3 Å². The Balaban J connectivity index is 2.32. The van der Waals surface area contributed by atoms with E-state index in [0.717, 1.165) is 5.56 Å². The molecule has 0 atom stereocenters. The molecule has 0 saturated heterocycles. The first-order valence-corrected chi connectivity index (χ1v) is 4.59. The minimum absolute atomic E-state index is 0.0216. The minimum atomic E-state index is -3.41. The molecule has 0 heterocycles. The van der Waals surface area contributed by atoms with Crippen molar-refractivity contribution in [2.24, 2.45) is 0 Å². The molecule has 0 unspecified atom stereocenters. The van der Waals surface area contributed by atoms with Gasteiger partial charge in [-0.05, 0) is 5.56 Å². The van der Waals surface area contributed by atoms with Gasteiger partial charge >= 0.3 is 11.9 Å². The van der Waals surface area contributed by atoms with Gasteiger partial charge in [-0.1, -0.05) is 30.3 Å². The lowest BCUT2D eigenvalue weighted by atomic mass is 10.2. The zero-order chi connectivity index (χ0) is 11.3. The Labute approximate surface area is 86.9 Å². The molecule has 0 aliphatic heterocycles. The van der Waals surface area contributed by atoms with Crippen LogP contribution in [0.2, 0.25) is 0 Å². The first-order chi connectivity index (χ1) is 7.00. The van der Waals surface area contributed by atoms with E-state index in [4.69, 9.17) is 0 Å². The minimum Gasteiger partial charge on any atom is -0.461 e. The molecule has 1 rings (SSSR count). The van der Waals surface area contributed by atoms with Crippen molar-refractivity contribution in [1.82, 2.24) is 0 Å². The van der Waals surface area contributed by atoms with Crippen LogP contribution in [0.3, 0.4) is 0 Å². The molecule has 0 spiro atoms. The molecule has 0 amide bonds. The number of carbonyl (C=O) groups is 1. The molecule has 0 aliphatic carbocycles. The van der Waals surface area contributed by atoms with E-state index in [2.05, 4.69) is 4.74 Å². The molecule has 0 fully saturated rings. The van der Waals surface area contributed by atoms with E-state index in [9.17, 15) is 13.6 Å². The number of rotatable bonds is 4. The van der Waals surface area contributed by atoms with Gasteiger partial charge in [0.2, 0.25) is 0 Å². The maximum Gasteiger partial charge on any atom is 0.376 e. The van der Waals surface area contributed by atoms with Crippen molar-refractivity contribution in [2.75, 3.05) is 6.61 Å². The summed E-state index contributed by atoms with van der Waals surface area (Å²) >= 11 is 0. The quantitative estimate of drug-likeness (QED) is 0.719. The van der Waals surface area contributed by atoms with Crippen LogP contribution in [-0.2, 0) is 16.0 Å². The number of carbonyl (C=O) groups excluding carboxylic acids is 1. The van der Waals surface area contributed by atoms with Gasteiger partial charge < -0.3 is 4.74 Å². The van der Waals surface area contributed by atoms with E-state index in [1.807, 2.05) is 30.3 Å². The summed E-state index contributed by atoms with van der Waals surface area (Å²) in [4.78, 5) is 10.7. The highest BCUT2D eigenvalue weighted by Gasteiger charge is 2.33. The van der Waals surface area contributed by atoms with Crippen molar-refractivity contribution in [3.05, 3.63) is 35.9 Å². The predicted molar refractivity (Wildman–Crippen MR) is 51.7 cm³/mol. The number of alkyl halides is 2. The van der Waals surface area contributed by atoms with Crippen LogP contribution in [0.1, 0.15) is 12.5 Å². The van der Waals surface area contributed by atoms with Crippen LogP contribution in [0.15, 0.2) is 30.3 Å². The van der Waals surface area contributed by atoms with Crippen molar-refractivity contribution >= 4 is 5.97 Å². The molecule has 0 bridgehead atoms. The molecule has 15 heavy (non-hydrogen) atoms. The normalized spacial score (nSPS) is 11.1. The van der Waals surface area contributed by atoms with Crippen LogP contribution in [0.5, 0.6) is 0 Å². The van der Waals surface area contributed by atoms with Gasteiger partial charge in [-0.2, -0.15) is 8.78 Å². The van der Waals surface area contributed by atoms with E-state index in [1.54, 1.807) is 0 Å². The smallest absolute Gasteiger partial charge is 0.376 e. The van der Waals surface area contributed by atoms with Gasteiger partial charge in [0.05, 0.1) is 6.61 Å².